The molecule has 1 aliphatic rings. The van der Waals surface area contributed by atoms with Gasteiger partial charge in [-0.3, -0.25) is 14.5 Å². The molecule has 1 fully saturated rings. The van der Waals surface area contributed by atoms with Gasteiger partial charge in [0.05, 0.1) is 6.20 Å². The van der Waals surface area contributed by atoms with Gasteiger partial charge in [-0.15, -0.1) is 0 Å². The molecule has 1 aromatic heterocycles. The minimum absolute atomic E-state index is 0.113. The number of nitrogens with one attached hydrogen (secondary N) is 2. The minimum atomic E-state index is -1.32. The normalized spacial score (nSPS) is 18.2. The number of anilines is 1. The van der Waals surface area contributed by atoms with Crippen molar-refractivity contribution in [1.29, 1.82) is 0 Å². The lowest BCUT2D eigenvalue weighted by Gasteiger charge is -2.22. The van der Waals surface area contributed by atoms with Crippen molar-refractivity contribution in [2.75, 3.05) is 18.5 Å². The molecule has 0 aliphatic carbocycles. The summed E-state index contributed by atoms with van der Waals surface area (Å²) in [5.41, 5.74) is 0.0962. The van der Waals surface area contributed by atoms with Crippen LogP contribution in [0.4, 0.5) is 15.0 Å². The van der Waals surface area contributed by atoms with Crippen molar-refractivity contribution in [3.05, 3.63) is 66.1 Å². The Morgan fingerprint density at radius 3 is 2.57 bits per heavy atom. The monoisotopic (exact) mass is 412 g/mol. The predicted molar refractivity (Wildman–Crippen MR) is 107 cm³/mol. The summed E-state index contributed by atoms with van der Waals surface area (Å²) in [5, 5.41) is 5.05. The zero-order chi connectivity index (χ0) is 21.9. The third kappa shape index (κ3) is 4.45. The first-order valence-corrected chi connectivity index (χ1v) is 9.12. The first kappa shape index (κ1) is 21.0. The molecule has 1 aromatic carbocycles. The van der Waals surface area contributed by atoms with Crippen LogP contribution in [-0.4, -0.2) is 40.9 Å². The number of amides is 4. The van der Waals surface area contributed by atoms with Crippen LogP contribution < -0.4 is 15.4 Å². The zero-order valence-electron chi connectivity index (χ0n) is 16.6. The Bertz CT molecular complexity index is 991. The Hall–Kier alpha value is -3.75. The molecule has 0 saturated carbocycles. The van der Waals surface area contributed by atoms with Crippen LogP contribution in [0.5, 0.6) is 5.75 Å². The van der Waals surface area contributed by atoms with Gasteiger partial charge < -0.3 is 15.4 Å². The summed E-state index contributed by atoms with van der Waals surface area (Å²) < 4.78 is 18.5. The van der Waals surface area contributed by atoms with Crippen molar-refractivity contribution in [2.24, 2.45) is 0 Å². The molecule has 0 radical (unpaired) electrons. The fourth-order valence-corrected chi connectivity index (χ4v) is 2.90. The minimum Gasteiger partial charge on any atom is -0.489 e. The maximum atomic E-state index is 12.9. The number of hydrogen-bond acceptors (Lipinski definition) is 5. The van der Waals surface area contributed by atoms with E-state index in [2.05, 4.69) is 22.2 Å². The van der Waals surface area contributed by atoms with Gasteiger partial charge in [0.25, 0.3) is 5.91 Å². The molecule has 0 spiro atoms. The topological polar surface area (TPSA) is 101 Å². The number of pyridine rings is 1. The van der Waals surface area contributed by atoms with Gasteiger partial charge in [0.1, 0.15) is 36.1 Å². The standard InChI is InChI=1S/C21H21FN4O4/c1-13(2)12-30-16-7-4-14(5-8-16)21(3)19(28)26(20(29)25-21)11-18(27)24-17-9-6-15(22)10-23-17/h4-10H,1,11-12H2,2-3H3,(H,25,29)(H,23,24,27). The molecule has 2 heterocycles. The summed E-state index contributed by atoms with van der Waals surface area (Å²) in [4.78, 5) is 42.0. The highest BCUT2D eigenvalue weighted by Crippen LogP contribution is 2.30. The zero-order valence-corrected chi connectivity index (χ0v) is 16.6. The smallest absolute Gasteiger partial charge is 0.325 e. The lowest BCUT2D eigenvalue weighted by molar-refractivity contribution is -0.133. The molecule has 2 N–H and O–H groups in total. The molecule has 8 nitrogen and oxygen atoms in total. The van der Waals surface area contributed by atoms with Gasteiger partial charge in [0.15, 0.2) is 0 Å². The summed E-state index contributed by atoms with van der Waals surface area (Å²) in [7, 11) is 0. The number of halogens is 1. The molecule has 1 unspecified atom stereocenters. The van der Waals surface area contributed by atoms with Crippen molar-refractivity contribution >= 4 is 23.7 Å². The van der Waals surface area contributed by atoms with Crippen molar-refractivity contribution in [2.45, 2.75) is 19.4 Å². The highest BCUT2D eigenvalue weighted by atomic mass is 19.1. The first-order chi connectivity index (χ1) is 14.2. The molecule has 1 aliphatic heterocycles. The third-order valence-electron chi connectivity index (χ3n) is 4.49. The van der Waals surface area contributed by atoms with Crippen molar-refractivity contribution < 1.29 is 23.5 Å². The molecule has 1 atom stereocenters. The van der Waals surface area contributed by atoms with Crippen molar-refractivity contribution in [3.8, 4) is 5.75 Å². The van der Waals surface area contributed by atoms with Crippen LogP contribution >= 0.6 is 0 Å². The number of ether oxygens (including phenoxy) is 1. The molecule has 30 heavy (non-hydrogen) atoms. The van der Waals surface area contributed by atoms with Gasteiger partial charge in [-0.25, -0.2) is 14.2 Å². The molecule has 9 heteroatoms. The van der Waals surface area contributed by atoms with E-state index < -0.39 is 35.7 Å². The molecule has 1 saturated heterocycles. The second-order valence-electron chi connectivity index (χ2n) is 7.13. The van der Waals surface area contributed by atoms with E-state index in [0.717, 1.165) is 22.7 Å². The Kier molecular flexibility index (Phi) is 5.81. The van der Waals surface area contributed by atoms with E-state index in [1.165, 1.54) is 6.07 Å². The fourth-order valence-electron chi connectivity index (χ4n) is 2.90. The average molecular weight is 412 g/mol. The van der Waals surface area contributed by atoms with Gasteiger partial charge in [-0.1, -0.05) is 18.7 Å². The number of rotatable bonds is 7. The quantitative estimate of drug-likeness (QED) is 0.538. The van der Waals surface area contributed by atoms with Gasteiger partial charge >= 0.3 is 6.03 Å². The second-order valence-corrected chi connectivity index (χ2v) is 7.13. The van der Waals surface area contributed by atoms with E-state index in [4.69, 9.17) is 4.74 Å². The van der Waals surface area contributed by atoms with E-state index in [0.29, 0.717) is 17.9 Å². The highest BCUT2D eigenvalue weighted by Gasteiger charge is 2.49. The largest absolute Gasteiger partial charge is 0.489 e. The van der Waals surface area contributed by atoms with Gasteiger partial charge in [-0.2, -0.15) is 0 Å². The van der Waals surface area contributed by atoms with Crippen molar-refractivity contribution in [3.63, 3.8) is 0 Å². The number of nitrogens with zero attached hydrogens (tertiary/aromatic N) is 2. The van der Waals surface area contributed by atoms with Crippen LogP contribution in [-0.2, 0) is 15.1 Å². The van der Waals surface area contributed by atoms with E-state index in [1.54, 1.807) is 31.2 Å². The summed E-state index contributed by atoms with van der Waals surface area (Å²) in [6, 6.07) is 8.47. The van der Waals surface area contributed by atoms with Crippen LogP contribution in [0.2, 0.25) is 0 Å². The van der Waals surface area contributed by atoms with Gasteiger partial charge in [0.2, 0.25) is 5.91 Å². The summed E-state index contributed by atoms with van der Waals surface area (Å²) in [6.07, 6.45) is 0.949. The van der Waals surface area contributed by atoms with Crippen LogP contribution in [0.1, 0.15) is 19.4 Å². The number of carbonyl (C=O) groups is 3. The molecular weight excluding hydrogens is 391 g/mol. The second kappa shape index (κ2) is 8.32. The van der Waals surface area contributed by atoms with Crippen LogP contribution in [0.25, 0.3) is 0 Å². The first-order valence-electron chi connectivity index (χ1n) is 9.12. The highest BCUT2D eigenvalue weighted by molar-refractivity contribution is 6.10. The number of urea groups is 1. The van der Waals surface area contributed by atoms with Crippen LogP contribution in [0, 0.1) is 5.82 Å². The van der Waals surface area contributed by atoms with Gasteiger partial charge in [-0.05, 0) is 49.2 Å². The Labute approximate surface area is 172 Å². The summed E-state index contributed by atoms with van der Waals surface area (Å²) in [5.74, 6) is -1.03. The maximum absolute atomic E-state index is 12.9. The molecule has 0 bridgehead atoms. The average Bonchev–Trinajstić information content (AvgIpc) is 2.92. The number of benzene rings is 1. The maximum Gasteiger partial charge on any atom is 0.325 e. The van der Waals surface area contributed by atoms with E-state index in [1.807, 2.05) is 6.92 Å². The fraction of sp³-hybridized carbons (Fsp3) is 0.238. The molecular formula is C21H21FN4O4. The Balaban J connectivity index is 1.69. The number of carbonyl (C=O) groups excluding carboxylic acids is 3. The number of aromatic nitrogens is 1. The van der Waals surface area contributed by atoms with Crippen molar-refractivity contribution in [1.82, 2.24) is 15.2 Å². The molecule has 2 aromatic rings. The number of imide groups is 1. The van der Waals surface area contributed by atoms with Crippen LogP contribution in [0.15, 0.2) is 54.7 Å². The molecule has 4 amide bonds. The Morgan fingerprint density at radius 1 is 1.27 bits per heavy atom. The summed E-state index contributed by atoms with van der Waals surface area (Å²) >= 11 is 0. The Morgan fingerprint density at radius 2 is 1.97 bits per heavy atom. The van der Waals surface area contributed by atoms with E-state index in [9.17, 15) is 18.8 Å². The lowest BCUT2D eigenvalue weighted by Crippen LogP contribution is -2.42. The SMILES string of the molecule is C=C(C)COc1ccc(C2(C)NC(=O)N(CC(=O)Nc3ccc(F)cn3)C2=O)cc1. The summed E-state index contributed by atoms with van der Waals surface area (Å²) in [6.45, 7) is 7.05. The van der Waals surface area contributed by atoms with Gasteiger partial charge in [0, 0.05) is 0 Å². The van der Waals surface area contributed by atoms with E-state index in [-0.39, 0.29) is 5.82 Å². The third-order valence-corrected chi connectivity index (χ3v) is 4.49. The molecule has 3 rings (SSSR count). The van der Waals surface area contributed by atoms with E-state index >= 15 is 0 Å². The molecule has 156 valence electrons. The lowest BCUT2D eigenvalue weighted by atomic mass is 9.92. The predicted octanol–water partition coefficient (Wildman–Crippen LogP) is 2.58. The van der Waals surface area contributed by atoms with Crippen LogP contribution in [0.3, 0.4) is 0 Å². The number of hydrogen-bond donors (Lipinski definition) is 2.